The van der Waals surface area contributed by atoms with E-state index in [1.807, 2.05) is 12.1 Å². The number of ether oxygens (including phenoxy) is 2. The van der Waals surface area contributed by atoms with Crippen molar-refractivity contribution in [2.75, 3.05) is 6.79 Å². The Morgan fingerprint density at radius 1 is 1.39 bits per heavy atom. The normalized spacial score (nSPS) is 31.0. The molecule has 0 unspecified atom stereocenters. The number of nitrogens with one attached hydrogen (secondary N) is 1. The molecular formula is C17H19BrN2O3. The van der Waals surface area contributed by atoms with E-state index in [1.165, 1.54) is 19.3 Å². The van der Waals surface area contributed by atoms with Gasteiger partial charge in [-0.25, -0.2) is 5.43 Å². The smallest absolute Gasteiger partial charge is 0.244 e. The lowest BCUT2D eigenvalue weighted by Gasteiger charge is -2.15. The summed E-state index contributed by atoms with van der Waals surface area (Å²) in [5.74, 6) is 2.13. The lowest BCUT2D eigenvalue weighted by molar-refractivity contribution is -0.123. The van der Waals surface area contributed by atoms with Gasteiger partial charge in [-0.05, 0) is 52.2 Å². The number of amides is 1. The maximum atomic E-state index is 12.4. The van der Waals surface area contributed by atoms with Crippen LogP contribution in [0.5, 0.6) is 11.5 Å². The number of nitrogens with zero attached hydrogens (tertiary/aromatic N) is 1. The predicted molar refractivity (Wildman–Crippen MR) is 89.6 cm³/mol. The molecule has 122 valence electrons. The summed E-state index contributed by atoms with van der Waals surface area (Å²) in [5.41, 5.74) is 3.75. The summed E-state index contributed by atoms with van der Waals surface area (Å²) in [4.78, 5) is 12.4. The largest absolute Gasteiger partial charge is 0.454 e. The number of hydrogen-bond donors (Lipinski definition) is 1. The van der Waals surface area contributed by atoms with Crippen LogP contribution in [-0.4, -0.2) is 18.9 Å². The molecule has 3 atom stereocenters. The van der Waals surface area contributed by atoms with E-state index in [9.17, 15) is 4.79 Å². The standard InChI is InChI=1S/C17H19BrN2O3/c1-17-5-3-2-4-11(17)15(17)16(21)20-19-8-10-6-13-14(7-12(10)18)23-9-22-13/h6-8,11,15H,2-5,9H2,1H3,(H,20,21)/b19-8-/t11-,15+,17+/m0/s1. The molecule has 0 spiro atoms. The van der Waals surface area contributed by atoms with Crippen LogP contribution >= 0.6 is 15.9 Å². The fourth-order valence-corrected chi connectivity index (χ4v) is 4.54. The van der Waals surface area contributed by atoms with E-state index in [1.54, 1.807) is 6.21 Å². The zero-order valence-corrected chi connectivity index (χ0v) is 14.6. The minimum atomic E-state index is 0.0486. The fraction of sp³-hybridized carbons (Fsp3) is 0.529. The number of carbonyl (C=O) groups excluding carboxylic acids is 1. The summed E-state index contributed by atoms with van der Waals surface area (Å²) in [7, 11) is 0. The topological polar surface area (TPSA) is 59.9 Å². The lowest BCUT2D eigenvalue weighted by atomic mass is 9.90. The Bertz CT molecular complexity index is 691. The highest BCUT2D eigenvalue weighted by atomic mass is 79.9. The molecule has 1 aromatic carbocycles. The van der Waals surface area contributed by atoms with Crippen molar-refractivity contribution in [2.24, 2.45) is 22.4 Å². The maximum absolute atomic E-state index is 12.4. The Morgan fingerprint density at radius 2 is 2.17 bits per heavy atom. The maximum Gasteiger partial charge on any atom is 0.244 e. The third-order valence-corrected chi connectivity index (χ3v) is 6.17. The second kappa shape index (κ2) is 5.51. The molecule has 6 heteroatoms. The van der Waals surface area contributed by atoms with Gasteiger partial charge >= 0.3 is 0 Å². The molecule has 1 amide bonds. The van der Waals surface area contributed by atoms with Gasteiger partial charge in [-0.3, -0.25) is 4.79 Å². The molecule has 0 saturated heterocycles. The van der Waals surface area contributed by atoms with Gasteiger partial charge in [0.25, 0.3) is 0 Å². The Kier molecular flexibility index (Phi) is 3.59. The van der Waals surface area contributed by atoms with Gasteiger partial charge in [0.1, 0.15) is 0 Å². The molecule has 3 aliphatic rings. The predicted octanol–water partition coefficient (Wildman–Crippen LogP) is 3.45. The van der Waals surface area contributed by atoms with Gasteiger partial charge in [-0.1, -0.05) is 19.8 Å². The van der Waals surface area contributed by atoms with Gasteiger partial charge in [0.2, 0.25) is 12.7 Å². The summed E-state index contributed by atoms with van der Waals surface area (Å²) in [6, 6.07) is 3.70. The molecule has 0 bridgehead atoms. The highest BCUT2D eigenvalue weighted by molar-refractivity contribution is 9.10. The summed E-state index contributed by atoms with van der Waals surface area (Å²) in [5, 5.41) is 4.13. The number of hydrogen-bond acceptors (Lipinski definition) is 4. The Hall–Kier alpha value is -1.56. The van der Waals surface area contributed by atoms with Gasteiger partial charge in [-0.2, -0.15) is 5.10 Å². The van der Waals surface area contributed by atoms with Crippen molar-refractivity contribution in [1.29, 1.82) is 0 Å². The molecule has 4 rings (SSSR count). The third kappa shape index (κ3) is 2.53. The first-order chi connectivity index (χ1) is 11.1. The summed E-state index contributed by atoms with van der Waals surface area (Å²) >= 11 is 3.48. The SMILES string of the molecule is C[C@@]12CCCC[C@H]1[C@@H]2C(=O)N/N=C\c1cc2c(cc1Br)OCO2. The van der Waals surface area contributed by atoms with Crippen molar-refractivity contribution in [1.82, 2.24) is 5.43 Å². The lowest BCUT2D eigenvalue weighted by Crippen LogP contribution is -2.22. The minimum Gasteiger partial charge on any atom is -0.454 e. The summed E-state index contributed by atoms with van der Waals surface area (Å²) in [6.45, 7) is 2.47. The highest BCUT2D eigenvalue weighted by Crippen LogP contribution is 2.66. The van der Waals surface area contributed by atoms with E-state index < -0.39 is 0 Å². The van der Waals surface area contributed by atoms with Crippen molar-refractivity contribution in [2.45, 2.75) is 32.6 Å². The molecule has 2 fully saturated rings. The van der Waals surface area contributed by atoms with Crippen molar-refractivity contribution >= 4 is 28.1 Å². The minimum absolute atomic E-state index is 0.0486. The molecule has 1 aromatic rings. The van der Waals surface area contributed by atoms with E-state index in [4.69, 9.17) is 9.47 Å². The number of rotatable bonds is 3. The molecule has 2 aliphatic carbocycles. The van der Waals surface area contributed by atoms with Crippen molar-refractivity contribution in [3.05, 3.63) is 22.2 Å². The second-order valence-electron chi connectivity index (χ2n) is 6.80. The van der Waals surface area contributed by atoms with E-state index in [0.29, 0.717) is 17.4 Å². The Labute approximate surface area is 143 Å². The quantitative estimate of drug-likeness (QED) is 0.647. The second-order valence-corrected chi connectivity index (χ2v) is 7.65. The summed E-state index contributed by atoms with van der Waals surface area (Å²) in [6.07, 6.45) is 6.46. The first-order valence-electron chi connectivity index (χ1n) is 8.02. The van der Waals surface area contributed by atoms with Crippen LogP contribution in [-0.2, 0) is 4.79 Å². The van der Waals surface area contributed by atoms with Crippen molar-refractivity contribution in [3.8, 4) is 11.5 Å². The zero-order valence-electron chi connectivity index (χ0n) is 13.0. The van der Waals surface area contributed by atoms with E-state index in [-0.39, 0.29) is 24.0 Å². The summed E-state index contributed by atoms with van der Waals surface area (Å²) < 4.78 is 11.5. The van der Waals surface area contributed by atoms with Crippen LogP contribution in [0.1, 0.15) is 38.2 Å². The molecule has 23 heavy (non-hydrogen) atoms. The van der Waals surface area contributed by atoms with Gasteiger partial charge in [0.15, 0.2) is 11.5 Å². The molecular weight excluding hydrogens is 360 g/mol. The van der Waals surface area contributed by atoms with Gasteiger partial charge in [0.05, 0.1) is 6.21 Å². The monoisotopic (exact) mass is 378 g/mol. The number of benzene rings is 1. The third-order valence-electron chi connectivity index (χ3n) is 5.48. The van der Waals surface area contributed by atoms with Gasteiger partial charge in [0, 0.05) is 16.0 Å². The molecule has 0 radical (unpaired) electrons. The average molecular weight is 379 g/mol. The fourth-order valence-electron chi connectivity index (χ4n) is 4.12. The van der Waals surface area contributed by atoms with Crippen LogP contribution in [0.2, 0.25) is 0 Å². The molecule has 2 saturated carbocycles. The van der Waals surface area contributed by atoms with Crippen molar-refractivity contribution < 1.29 is 14.3 Å². The number of fused-ring (bicyclic) bond motifs is 2. The average Bonchev–Trinajstić information content (AvgIpc) is 2.91. The zero-order chi connectivity index (χ0) is 16.0. The number of halogens is 1. The van der Waals surface area contributed by atoms with Crippen LogP contribution in [0.15, 0.2) is 21.7 Å². The first-order valence-corrected chi connectivity index (χ1v) is 8.81. The van der Waals surface area contributed by atoms with Crippen LogP contribution in [0, 0.1) is 17.3 Å². The Balaban J connectivity index is 1.41. The van der Waals surface area contributed by atoms with Crippen LogP contribution in [0.25, 0.3) is 0 Å². The van der Waals surface area contributed by atoms with Crippen LogP contribution in [0.4, 0.5) is 0 Å². The van der Waals surface area contributed by atoms with E-state index >= 15 is 0 Å². The molecule has 1 aliphatic heterocycles. The Morgan fingerprint density at radius 3 is 2.91 bits per heavy atom. The molecule has 1 N–H and O–H groups in total. The highest BCUT2D eigenvalue weighted by Gasteiger charge is 2.64. The first kappa shape index (κ1) is 15.0. The van der Waals surface area contributed by atoms with Gasteiger partial charge in [-0.15, -0.1) is 0 Å². The van der Waals surface area contributed by atoms with E-state index in [2.05, 4.69) is 33.4 Å². The molecule has 5 nitrogen and oxygen atoms in total. The van der Waals surface area contributed by atoms with Crippen LogP contribution in [0.3, 0.4) is 0 Å². The van der Waals surface area contributed by atoms with E-state index in [0.717, 1.165) is 16.5 Å². The molecule has 0 aromatic heterocycles. The van der Waals surface area contributed by atoms with Gasteiger partial charge < -0.3 is 9.47 Å². The number of hydrazone groups is 1. The van der Waals surface area contributed by atoms with Crippen LogP contribution < -0.4 is 14.9 Å². The van der Waals surface area contributed by atoms with Crippen molar-refractivity contribution in [3.63, 3.8) is 0 Å². The number of carbonyl (C=O) groups is 1. The molecule has 1 heterocycles.